The van der Waals surface area contributed by atoms with Gasteiger partial charge < -0.3 is 15.6 Å². The number of benzene rings is 1. The predicted octanol–water partition coefficient (Wildman–Crippen LogP) is 2.77. The fourth-order valence-corrected chi connectivity index (χ4v) is 1.92. The Bertz CT molecular complexity index is 644. The van der Waals surface area contributed by atoms with E-state index in [1.165, 1.54) is 13.3 Å². The fourth-order valence-electron chi connectivity index (χ4n) is 1.92. The highest BCUT2D eigenvalue weighted by molar-refractivity contribution is 5.53. The number of ether oxygens (including phenoxy) is 1. The molecule has 0 amide bonds. The van der Waals surface area contributed by atoms with Gasteiger partial charge in [0.15, 0.2) is 0 Å². The first-order valence-corrected chi connectivity index (χ1v) is 5.98. The van der Waals surface area contributed by atoms with Crippen LogP contribution in [0, 0.1) is 0 Å². The van der Waals surface area contributed by atoms with E-state index >= 15 is 0 Å². The molecule has 0 aliphatic carbocycles. The van der Waals surface area contributed by atoms with Crippen LogP contribution in [0.4, 0.5) is 18.9 Å². The average molecular weight is 298 g/mol. The molecule has 0 radical (unpaired) electrons. The summed E-state index contributed by atoms with van der Waals surface area (Å²) >= 11 is 0. The first-order valence-electron chi connectivity index (χ1n) is 5.98. The lowest BCUT2D eigenvalue weighted by molar-refractivity contribution is -0.137. The molecule has 0 aliphatic heterocycles. The summed E-state index contributed by atoms with van der Waals surface area (Å²) in [5, 5.41) is 10.3. The second-order valence-corrected chi connectivity index (χ2v) is 4.33. The second kappa shape index (κ2) is 5.61. The zero-order valence-corrected chi connectivity index (χ0v) is 11.1. The number of aliphatic hydroxyl groups is 1. The zero-order valence-electron chi connectivity index (χ0n) is 11.1. The number of anilines is 1. The number of rotatable bonds is 3. The van der Waals surface area contributed by atoms with Gasteiger partial charge in [0, 0.05) is 17.4 Å². The van der Waals surface area contributed by atoms with Gasteiger partial charge in [0.25, 0.3) is 0 Å². The van der Waals surface area contributed by atoms with Gasteiger partial charge in [0.05, 0.1) is 12.7 Å². The summed E-state index contributed by atoms with van der Waals surface area (Å²) in [6.07, 6.45) is -4.52. The third kappa shape index (κ3) is 3.08. The van der Waals surface area contributed by atoms with Gasteiger partial charge in [-0.1, -0.05) is 0 Å². The molecular formula is C14H13F3N2O2. The molecule has 112 valence electrons. The van der Waals surface area contributed by atoms with Crippen LogP contribution in [0.5, 0.6) is 5.75 Å². The number of methoxy groups -OCH3 is 1. The minimum Gasteiger partial charge on any atom is -0.495 e. The molecule has 1 heterocycles. The predicted molar refractivity (Wildman–Crippen MR) is 70.7 cm³/mol. The largest absolute Gasteiger partial charge is 0.495 e. The lowest BCUT2D eigenvalue weighted by atomic mass is 10.0. The van der Waals surface area contributed by atoms with Gasteiger partial charge in [-0.2, -0.15) is 13.2 Å². The van der Waals surface area contributed by atoms with E-state index in [0.717, 1.165) is 18.2 Å². The third-order valence-electron chi connectivity index (χ3n) is 2.99. The molecule has 1 unspecified atom stereocenters. The molecule has 4 nitrogen and oxygen atoms in total. The van der Waals surface area contributed by atoms with Crippen LogP contribution >= 0.6 is 0 Å². The quantitative estimate of drug-likeness (QED) is 0.855. The number of alkyl halides is 3. The van der Waals surface area contributed by atoms with E-state index in [9.17, 15) is 18.3 Å². The molecule has 2 rings (SSSR count). The van der Waals surface area contributed by atoms with Crippen LogP contribution in [-0.2, 0) is 6.18 Å². The van der Waals surface area contributed by atoms with Crippen LogP contribution in [0.25, 0.3) is 0 Å². The van der Waals surface area contributed by atoms with Gasteiger partial charge in [0.2, 0.25) is 0 Å². The summed E-state index contributed by atoms with van der Waals surface area (Å²) in [6.45, 7) is 0. The number of nitrogens with zero attached hydrogens (tertiary/aromatic N) is 1. The SMILES string of the molecule is COc1cccnc1C(O)c1cc(C(F)(F)F)ccc1N. The minimum atomic E-state index is -4.52. The molecule has 0 saturated heterocycles. The number of nitrogen functional groups attached to an aromatic ring is 1. The fraction of sp³-hybridized carbons (Fsp3) is 0.214. The van der Waals surface area contributed by atoms with Crippen LogP contribution in [0.15, 0.2) is 36.5 Å². The maximum Gasteiger partial charge on any atom is 0.416 e. The summed E-state index contributed by atoms with van der Waals surface area (Å²) in [7, 11) is 1.38. The normalized spacial score (nSPS) is 13.0. The summed E-state index contributed by atoms with van der Waals surface area (Å²) in [5.41, 5.74) is 4.86. The van der Waals surface area contributed by atoms with Crippen molar-refractivity contribution in [3.8, 4) is 5.75 Å². The molecule has 0 saturated carbocycles. The van der Waals surface area contributed by atoms with Crippen molar-refractivity contribution in [3.63, 3.8) is 0 Å². The molecule has 0 fully saturated rings. The summed E-state index contributed by atoms with van der Waals surface area (Å²) in [5.74, 6) is 0.266. The van der Waals surface area contributed by atoms with Gasteiger partial charge >= 0.3 is 6.18 Å². The summed E-state index contributed by atoms with van der Waals surface area (Å²) < 4.78 is 43.3. The molecule has 0 bridgehead atoms. The lowest BCUT2D eigenvalue weighted by Crippen LogP contribution is -2.11. The average Bonchev–Trinajstić information content (AvgIpc) is 2.45. The third-order valence-corrected chi connectivity index (χ3v) is 2.99. The maximum absolute atomic E-state index is 12.7. The Balaban J connectivity index is 2.50. The summed E-state index contributed by atoms with van der Waals surface area (Å²) in [6, 6.07) is 5.92. The zero-order chi connectivity index (χ0) is 15.6. The van der Waals surface area contributed by atoms with E-state index < -0.39 is 17.8 Å². The number of aliphatic hydroxyl groups excluding tert-OH is 1. The van der Waals surface area contributed by atoms with E-state index in [1.54, 1.807) is 12.1 Å². The van der Waals surface area contributed by atoms with Gasteiger partial charge in [0.1, 0.15) is 17.5 Å². The number of aromatic nitrogens is 1. The Morgan fingerprint density at radius 1 is 1.29 bits per heavy atom. The Kier molecular flexibility index (Phi) is 4.04. The van der Waals surface area contributed by atoms with Crippen LogP contribution in [-0.4, -0.2) is 17.2 Å². The highest BCUT2D eigenvalue weighted by Crippen LogP contribution is 2.36. The molecular weight excluding hydrogens is 285 g/mol. The van der Waals surface area contributed by atoms with E-state index in [2.05, 4.69) is 4.98 Å². The van der Waals surface area contributed by atoms with Crippen LogP contribution < -0.4 is 10.5 Å². The Hall–Kier alpha value is -2.28. The van der Waals surface area contributed by atoms with Gasteiger partial charge in [-0.15, -0.1) is 0 Å². The van der Waals surface area contributed by atoms with Crippen molar-refractivity contribution in [2.75, 3.05) is 12.8 Å². The lowest BCUT2D eigenvalue weighted by Gasteiger charge is -2.17. The first-order chi connectivity index (χ1) is 9.84. The van der Waals surface area contributed by atoms with E-state index in [0.29, 0.717) is 0 Å². The Morgan fingerprint density at radius 2 is 2.00 bits per heavy atom. The minimum absolute atomic E-state index is 0.0446. The Labute approximate surface area is 119 Å². The molecule has 7 heteroatoms. The maximum atomic E-state index is 12.7. The highest BCUT2D eigenvalue weighted by atomic mass is 19.4. The van der Waals surface area contributed by atoms with Crippen molar-refractivity contribution in [2.45, 2.75) is 12.3 Å². The molecule has 1 aromatic carbocycles. The summed E-state index contributed by atoms with van der Waals surface area (Å²) in [4.78, 5) is 3.95. The van der Waals surface area contributed by atoms with Crippen molar-refractivity contribution in [3.05, 3.63) is 53.3 Å². The van der Waals surface area contributed by atoms with E-state index in [4.69, 9.17) is 10.5 Å². The molecule has 1 atom stereocenters. The second-order valence-electron chi connectivity index (χ2n) is 4.33. The van der Waals surface area contributed by atoms with E-state index in [-0.39, 0.29) is 22.7 Å². The standard InChI is InChI=1S/C14H13F3N2O2/c1-21-11-3-2-6-19-12(11)13(20)9-7-8(14(15,16)17)4-5-10(9)18/h2-7,13,20H,18H2,1H3. The van der Waals surface area contributed by atoms with Crippen LogP contribution in [0.1, 0.15) is 22.9 Å². The van der Waals surface area contributed by atoms with Crippen LogP contribution in [0.2, 0.25) is 0 Å². The smallest absolute Gasteiger partial charge is 0.416 e. The number of hydrogen-bond acceptors (Lipinski definition) is 4. The van der Waals surface area contributed by atoms with E-state index in [1.807, 2.05) is 0 Å². The molecule has 0 aliphatic rings. The van der Waals surface area contributed by atoms with Crippen molar-refractivity contribution in [1.29, 1.82) is 0 Å². The van der Waals surface area contributed by atoms with Gasteiger partial charge in [-0.3, -0.25) is 4.98 Å². The van der Waals surface area contributed by atoms with Gasteiger partial charge in [-0.05, 0) is 30.3 Å². The van der Waals surface area contributed by atoms with Gasteiger partial charge in [-0.25, -0.2) is 0 Å². The number of hydrogen-bond donors (Lipinski definition) is 2. The Morgan fingerprint density at radius 3 is 2.62 bits per heavy atom. The number of halogens is 3. The first kappa shape index (κ1) is 15.1. The number of pyridine rings is 1. The topological polar surface area (TPSA) is 68.4 Å². The van der Waals surface area contributed by atoms with Crippen molar-refractivity contribution in [1.82, 2.24) is 4.98 Å². The number of nitrogens with two attached hydrogens (primary N) is 1. The van der Waals surface area contributed by atoms with Crippen LogP contribution in [0.3, 0.4) is 0 Å². The van der Waals surface area contributed by atoms with Crippen molar-refractivity contribution in [2.24, 2.45) is 0 Å². The van der Waals surface area contributed by atoms with Crippen molar-refractivity contribution >= 4 is 5.69 Å². The molecule has 3 N–H and O–H groups in total. The molecule has 2 aromatic rings. The highest BCUT2D eigenvalue weighted by Gasteiger charge is 2.32. The van der Waals surface area contributed by atoms with Crippen molar-refractivity contribution < 1.29 is 23.0 Å². The molecule has 1 aromatic heterocycles. The molecule has 21 heavy (non-hydrogen) atoms. The molecule has 0 spiro atoms. The monoisotopic (exact) mass is 298 g/mol.